The van der Waals surface area contributed by atoms with Crippen LogP contribution >= 0.6 is 0 Å². The first-order valence-corrected chi connectivity index (χ1v) is 9.65. The lowest BCUT2D eigenvalue weighted by Gasteiger charge is -2.39. The van der Waals surface area contributed by atoms with Crippen LogP contribution in [0.2, 0.25) is 0 Å². The summed E-state index contributed by atoms with van der Waals surface area (Å²) in [5.41, 5.74) is 0. The van der Waals surface area contributed by atoms with E-state index in [0.29, 0.717) is 18.4 Å². The molecule has 0 unspecified atom stereocenters. The summed E-state index contributed by atoms with van der Waals surface area (Å²) in [5.74, 6) is -0.838. The maximum absolute atomic E-state index is 12.4. The normalized spacial score (nSPS) is 28.0. The fraction of sp³-hybridized carbons (Fsp3) is 0.789. The highest BCUT2D eigenvalue weighted by Crippen LogP contribution is 2.35. The molecule has 152 valence electrons. The third-order valence-electron chi connectivity index (χ3n) is 5.98. The molecule has 0 aromatic heterocycles. The fourth-order valence-corrected chi connectivity index (χ4v) is 3.95. The molecule has 2 aliphatic rings. The number of nitrogens with zero attached hydrogens (tertiary/aromatic N) is 2. The summed E-state index contributed by atoms with van der Waals surface area (Å²) in [6.45, 7) is 4.23. The van der Waals surface area contributed by atoms with E-state index in [0.717, 1.165) is 12.8 Å². The third kappa shape index (κ3) is 5.20. The lowest BCUT2D eigenvalue weighted by Crippen LogP contribution is -2.45. The number of carbonyl (C=O) groups excluding carboxylic acids is 4. The van der Waals surface area contributed by atoms with Crippen molar-refractivity contribution in [3.8, 4) is 0 Å². The second kappa shape index (κ2) is 9.19. The quantitative estimate of drug-likeness (QED) is 0.672. The molecule has 27 heavy (non-hydrogen) atoms. The van der Waals surface area contributed by atoms with Gasteiger partial charge >= 0.3 is 5.97 Å². The van der Waals surface area contributed by atoms with Crippen LogP contribution in [-0.2, 0) is 23.9 Å². The van der Waals surface area contributed by atoms with E-state index >= 15 is 0 Å². The Hall–Kier alpha value is -2.12. The molecule has 1 heterocycles. The summed E-state index contributed by atoms with van der Waals surface area (Å²) in [6, 6.07) is 0.180. The minimum Gasteiger partial charge on any atom is -0.455 e. The van der Waals surface area contributed by atoms with E-state index in [1.54, 1.807) is 0 Å². The Morgan fingerprint density at radius 2 is 1.96 bits per heavy atom. The molecule has 8 heteroatoms. The molecule has 8 nitrogen and oxygen atoms in total. The second-order valence-electron chi connectivity index (χ2n) is 7.81. The van der Waals surface area contributed by atoms with Gasteiger partial charge in [0.2, 0.25) is 11.8 Å². The van der Waals surface area contributed by atoms with E-state index < -0.39 is 24.4 Å². The van der Waals surface area contributed by atoms with Gasteiger partial charge in [-0.1, -0.05) is 26.7 Å². The average Bonchev–Trinajstić information content (AvgIpc) is 3.03. The summed E-state index contributed by atoms with van der Waals surface area (Å²) >= 11 is 0. The first kappa shape index (κ1) is 21.2. The maximum Gasteiger partial charge on any atom is 0.311 e. The third-order valence-corrected chi connectivity index (χ3v) is 5.98. The van der Waals surface area contributed by atoms with Crippen molar-refractivity contribution in [2.45, 2.75) is 45.6 Å². The van der Waals surface area contributed by atoms with Gasteiger partial charge in [0.25, 0.3) is 5.91 Å². The number of amides is 3. The molecule has 3 amide bonds. The fourth-order valence-electron chi connectivity index (χ4n) is 3.95. The van der Waals surface area contributed by atoms with Crippen LogP contribution in [0.15, 0.2) is 0 Å². The zero-order valence-electron chi connectivity index (χ0n) is 16.7. The molecule has 0 radical (unpaired) electrons. The Balaban J connectivity index is 1.84. The number of likely N-dealkylation sites (N-methyl/N-ethyl adjacent to an activating group) is 2. The standard InChI is InChI=1S/C19H31N3O5/c1-12-6-5-7-15(13(12)2)22-9-14(8-17(22)24)19(26)27-11-18(25)21(4)10-16(23)20-3/h12-15H,5-11H2,1-4H3,(H,20,23)/t12-,13+,14+,15-/m0/s1. The minimum absolute atomic E-state index is 0.00837. The van der Waals surface area contributed by atoms with Crippen LogP contribution < -0.4 is 5.32 Å². The van der Waals surface area contributed by atoms with Crippen molar-refractivity contribution in [2.24, 2.45) is 17.8 Å². The van der Waals surface area contributed by atoms with Gasteiger partial charge in [0.05, 0.1) is 12.5 Å². The van der Waals surface area contributed by atoms with Gasteiger partial charge in [-0.15, -0.1) is 0 Å². The molecule has 1 saturated carbocycles. The van der Waals surface area contributed by atoms with E-state index in [4.69, 9.17) is 4.74 Å². The van der Waals surface area contributed by atoms with Crippen molar-refractivity contribution in [1.29, 1.82) is 0 Å². The number of rotatable bonds is 6. The smallest absolute Gasteiger partial charge is 0.311 e. The van der Waals surface area contributed by atoms with Crippen LogP contribution in [-0.4, -0.2) is 73.3 Å². The Kier molecular flexibility index (Phi) is 7.21. The molecule has 1 N–H and O–H groups in total. The first-order valence-electron chi connectivity index (χ1n) is 9.65. The molecule has 1 aliphatic heterocycles. The Labute approximate surface area is 160 Å². The molecule has 0 bridgehead atoms. The molecular weight excluding hydrogens is 350 g/mol. The van der Waals surface area contributed by atoms with Crippen molar-refractivity contribution in [3.05, 3.63) is 0 Å². The molecule has 0 aromatic rings. The highest BCUT2D eigenvalue weighted by molar-refractivity contribution is 5.89. The van der Waals surface area contributed by atoms with E-state index in [1.165, 1.54) is 25.4 Å². The molecule has 1 aliphatic carbocycles. The number of ether oxygens (including phenoxy) is 1. The van der Waals surface area contributed by atoms with Crippen molar-refractivity contribution in [1.82, 2.24) is 15.1 Å². The molecule has 1 saturated heterocycles. The van der Waals surface area contributed by atoms with Gasteiger partial charge in [0, 0.05) is 33.1 Å². The van der Waals surface area contributed by atoms with Gasteiger partial charge in [-0.3, -0.25) is 19.2 Å². The first-order chi connectivity index (χ1) is 12.7. The number of hydrogen-bond acceptors (Lipinski definition) is 5. The second-order valence-corrected chi connectivity index (χ2v) is 7.81. The predicted octanol–water partition coefficient (Wildman–Crippen LogP) is 0.407. The number of carbonyl (C=O) groups is 4. The number of hydrogen-bond donors (Lipinski definition) is 1. The highest BCUT2D eigenvalue weighted by Gasteiger charge is 2.42. The summed E-state index contributed by atoms with van der Waals surface area (Å²) < 4.78 is 5.12. The zero-order valence-corrected chi connectivity index (χ0v) is 16.7. The van der Waals surface area contributed by atoms with Gasteiger partial charge in [-0.25, -0.2) is 0 Å². The molecule has 2 rings (SSSR count). The summed E-state index contributed by atoms with van der Waals surface area (Å²) in [6.07, 6.45) is 3.39. The van der Waals surface area contributed by atoms with Gasteiger partial charge < -0.3 is 19.9 Å². The lowest BCUT2D eigenvalue weighted by molar-refractivity contribution is -0.155. The highest BCUT2D eigenvalue weighted by atomic mass is 16.5. The van der Waals surface area contributed by atoms with E-state index in [9.17, 15) is 19.2 Å². The van der Waals surface area contributed by atoms with Crippen molar-refractivity contribution >= 4 is 23.7 Å². The molecular formula is C19H31N3O5. The van der Waals surface area contributed by atoms with E-state index in [2.05, 4.69) is 19.2 Å². The molecule has 4 atom stereocenters. The number of likely N-dealkylation sites (tertiary alicyclic amines) is 1. The summed E-state index contributed by atoms with van der Waals surface area (Å²) in [7, 11) is 2.95. The van der Waals surface area contributed by atoms with E-state index in [-0.39, 0.29) is 30.8 Å². The van der Waals surface area contributed by atoms with Crippen LogP contribution in [0, 0.1) is 17.8 Å². The minimum atomic E-state index is -0.529. The van der Waals surface area contributed by atoms with Gasteiger partial charge in [0.1, 0.15) is 0 Å². The monoisotopic (exact) mass is 381 g/mol. The SMILES string of the molecule is CNC(=O)CN(C)C(=O)COC(=O)[C@@H]1CC(=O)N([C@H]2CCC[C@H](C)[C@H]2C)C1. The number of nitrogens with one attached hydrogen (secondary N) is 1. The summed E-state index contributed by atoms with van der Waals surface area (Å²) in [4.78, 5) is 51.0. The van der Waals surface area contributed by atoms with Crippen LogP contribution in [0.25, 0.3) is 0 Å². The Morgan fingerprint density at radius 3 is 2.63 bits per heavy atom. The van der Waals surface area contributed by atoms with Crippen LogP contribution in [0.3, 0.4) is 0 Å². The van der Waals surface area contributed by atoms with Crippen LogP contribution in [0.4, 0.5) is 0 Å². The van der Waals surface area contributed by atoms with Crippen molar-refractivity contribution in [3.63, 3.8) is 0 Å². The van der Waals surface area contributed by atoms with E-state index in [1.807, 2.05) is 4.90 Å². The predicted molar refractivity (Wildman–Crippen MR) is 98.4 cm³/mol. The average molecular weight is 381 g/mol. The Bertz CT molecular complexity index is 594. The zero-order chi connectivity index (χ0) is 20.1. The van der Waals surface area contributed by atoms with Crippen molar-refractivity contribution in [2.75, 3.05) is 33.8 Å². The van der Waals surface area contributed by atoms with Gasteiger partial charge in [0.15, 0.2) is 6.61 Å². The lowest BCUT2D eigenvalue weighted by atomic mass is 9.77. The summed E-state index contributed by atoms with van der Waals surface area (Å²) in [5, 5.41) is 2.42. The molecule has 0 aromatic carbocycles. The largest absolute Gasteiger partial charge is 0.455 e. The Morgan fingerprint density at radius 1 is 1.26 bits per heavy atom. The number of esters is 1. The molecule has 2 fully saturated rings. The topological polar surface area (TPSA) is 96.0 Å². The van der Waals surface area contributed by atoms with Gasteiger partial charge in [-0.05, 0) is 18.3 Å². The van der Waals surface area contributed by atoms with Crippen LogP contribution in [0.5, 0.6) is 0 Å². The van der Waals surface area contributed by atoms with Crippen LogP contribution in [0.1, 0.15) is 39.5 Å². The van der Waals surface area contributed by atoms with Crippen molar-refractivity contribution < 1.29 is 23.9 Å². The maximum atomic E-state index is 12.4. The van der Waals surface area contributed by atoms with Gasteiger partial charge in [-0.2, -0.15) is 0 Å². The molecule has 0 spiro atoms.